The predicted octanol–water partition coefficient (Wildman–Crippen LogP) is 3.92. The molecule has 2 aromatic rings. The van der Waals surface area contributed by atoms with Crippen molar-refractivity contribution < 1.29 is 17.9 Å². The molecule has 0 saturated carbocycles. The molecule has 1 aliphatic heterocycles. The summed E-state index contributed by atoms with van der Waals surface area (Å²) in [7, 11) is -1.90. The highest BCUT2D eigenvalue weighted by molar-refractivity contribution is 7.89. The van der Waals surface area contributed by atoms with Crippen molar-refractivity contribution in [3.05, 3.63) is 59.7 Å². The molecule has 1 atom stereocenters. The molecule has 0 radical (unpaired) electrons. The van der Waals surface area contributed by atoms with E-state index in [1.165, 1.54) is 6.07 Å². The van der Waals surface area contributed by atoms with Crippen molar-refractivity contribution in [2.45, 2.75) is 50.6 Å². The summed E-state index contributed by atoms with van der Waals surface area (Å²) in [6.45, 7) is 5.43. The molecule has 1 saturated heterocycles. The quantitative estimate of drug-likeness (QED) is 0.668. The fourth-order valence-corrected chi connectivity index (χ4v) is 5.52. The van der Waals surface area contributed by atoms with E-state index in [4.69, 9.17) is 4.74 Å². The van der Waals surface area contributed by atoms with Crippen LogP contribution in [0.25, 0.3) is 0 Å². The fraction of sp³-hybridized carbons (Fsp3) is 0.435. The van der Waals surface area contributed by atoms with Crippen molar-refractivity contribution in [2.75, 3.05) is 20.2 Å². The number of nitrogens with zero attached hydrogens (tertiary/aromatic N) is 2. The van der Waals surface area contributed by atoms with Crippen LogP contribution >= 0.6 is 0 Å². The summed E-state index contributed by atoms with van der Waals surface area (Å²) in [4.78, 5) is 14.7. The van der Waals surface area contributed by atoms with Crippen LogP contribution < -0.4 is 4.74 Å². The van der Waals surface area contributed by atoms with Gasteiger partial charge in [-0.05, 0) is 62.6 Å². The lowest BCUT2D eigenvalue weighted by Gasteiger charge is -2.32. The van der Waals surface area contributed by atoms with Crippen molar-refractivity contribution in [2.24, 2.45) is 0 Å². The summed E-state index contributed by atoms with van der Waals surface area (Å²) < 4.78 is 33.2. The van der Waals surface area contributed by atoms with Gasteiger partial charge in [0.2, 0.25) is 10.0 Å². The Morgan fingerprint density at radius 3 is 2.57 bits per heavy atom. The van der Waals surface area contributed by atoms with Crippen LogP contribution in [0.4, 0.5) is 0 Å². The van der Waals surface area contributed by atoms with E-state index in [1.54, 1.807) is 34.5 Å². The molecule has 1 unspecified atom stereocenters. The molecular formula is C23H30N2O4S. The maximum Gasteiger partial charge on any atom is 0.253 e. The summed E-state index contributed by atoms with van der Waals surface area (Å²) in [5.41, 5.74) is 1.34. The number of carbonyl (C=O) groups is 1. The van der Waals surface area contributed by atoms with Gasteiger partial charge in [0.15, 0.2) is 0 Å². The molecule has 1 heterocycles. The highest BCUT2D eigenvalue weighted by atomic mass is 32.2. The van der Waals surface area contributed by atoms with Crippen LogP contribution in [0.5, 0.6) is 5.75 Å². The Morgan fingerprint density at radius 2 is 1.90 bits per heavy atom. The van der Waals surface area contributed by atoms with Crippen LogP contribution in [0.3, 0.4) is 0 Å². The van der Waals surface area contributed by atoms with Gasteiger partial charge in [0, 0.05) is 31.7 Å². The van der Waals surface area contributed by atoms with Gasteiger partial charge < -0.3 is 9.64 Å². The summed E-state index contributed by atoms with van der Waals surface area (Å²) in [6, 6.07) is 13.9. The van der Waals surface area contributed by atoms with Gasteiger partial charge in [-0.1, -0.05) is 24.6 Å². The fourth-order valence-electron chi connectivity index (χ4n) is 3.78. The first-order valence-corrected chi connectivity index (χ1v) is 11.9. The minimum Gasteiger partial charge on any atom is -0.494 e. The van der Waals surface area contributed by atoms with Gasteiger partial charge in [0.05, 0.1) is 11.5 Å². The van der Waals surface area contributed by atoms with Crippen LogP contribution in [-0.2, 0) is 16.6 Å². The topological polar surface area (TPSA) is 66.9 Å². The number of ether oxygens (including phenoxy) is 1. The predicted molar refractivity (Wildman–Crippen MR) is 117 cm³/mol. The Morgan fingerprint density at radius 1 is 1.17 bits per heavy atom. The Balaban J connectivity index is 1.75. The number of sulfonamides is 1. The molecule has 2 aromatic carbocycles. The summed E-state index contributed by atoms with van der Waals surface area (Å²) in [5, 5.41) is 0. The van der Waals surface area contributed by atoms with Gasteiger partial charge in [-0.3, -0.25) is 4.79 Å². The normalized spacial score (nSPS) is 17.5. The molecule has 6 nitrogen and oxygen atoms in total. The van der Waals surface area contributed by atoms with Gasteiger partial charge in [-0.15, -0.1) is 0 Å². The molecular weight excluding hydrogens is 400 g/mol. The molecule has 162 valence electrons. The van der Waals surface area contributed by atoms with Crippen LogP contribution in [-0.4, -0.2) is 49.8 Å². The third-order valence-corrected chi connectivity index (χ3v) is 7.44. The number of benzene rings is 2. The number of amides is 1. The summed E-state index contributed by atoms with van der Waals surface area (Å²) >= 11 is 0. The van der Waals surface area contributed by atoms with Gasteiger partial charge in [0.25, 0.3) is 5.91 Å². The standard InChI is InChI=1S/C23H30N2O4S/c1-4-29-21-13-11-19(12-14-21)17-24(3)23(26)20-9-7-10-22(16-20)30(27,28)25-15-6-5-8-18(25)2/h7,9-14,16,18H,4-6,8,15,17H2,1-3H3. The largest absolute Gasteiger partial charge is 0.494 e. The average Bonchev–Trinajstić information content (AvgIpc) is 2.75. The third kappa shape index (κ3) is 5.02. The van der Waals surface area contributed by atoms with Crippen LogP contribution in [0.2, 0.25) is 0 Å². The smallest absolute Gasteiger partial charge is 0.253 e. The van der Waals surface area contributed by atoms with Crippen molar-refractivity contribution >= 4 is 15.9 Å². The molecule has 0 spiro atoms. The Labute approximate surface area is 179 Å². The first-order chi connectivity index (χ1) is 14.3. The van der Waals surface area contributed by atoms with Crippen molar-refractivity contribution in [1.82, 2.24) is 9.21 Å². The molecule has 1 fully saturated rings. The molecule has 7 heteroatoms. The lowest BCUT2D eigenvalue weighted by atomic mass is 10.1. The summed E-state index contributed by atoms with van der Waals surface area (Å²) in [5.74, 6) is 0.577. The maximum absolute atomic E-state index is 13.1. The van der Waals surface area contributed by atoms with E-state index < -0.39 is 10.0 Å². The van der Waals surface area contributed by atoms with Gasteiger partial charge >= 0.3 is 0 Å². The summed E-state index contributed by atoms with van der Waals surface area (Å²) in [6.07, 6.45) is 2.78. The molecule has 0 aliphatic carbocycles. The first kappa shape index (κ1) is 22.3. The van der Waals surface area contributed by atoms with Gasteiger partial charge in [0.1, 0.15) is 5.75 Å². The second-order valence-corrected chi connectivity index (χ2v) is 9.62. The monoisotopic (exact) mass is 430 g/mol. The molecule has 0 bridgehead atoms. The highest BCUT2D eigenvalue weighted by Gasteiger charge is 2.31. The minimum atomic E-state index is -3.61. The SMILES string of the molecule is CCOc1ccc(CN(C)C(=O)c2cccc(S(=O)(=O)N3CCCCC3C)c2)cc1. The minimum absolute atomic E-state index is 0.0227. The first-order valence-electron chi connectivity index (χ1n) is 10.4. The Hall–Kier alpha value is -2.38. The zero-order valence-electron chi connectivity index (χ0n) is 17.9. The van der Waals surface area contributed by atoms with E-state index in [1.807, 2.05) is 38.1 Å². The Bertz CT molecular complexity index is 973. The van der Waals surface area contributed by atoms with E-state index in [0.29, 0.717) is 25.3 Å². The van der Waals surface area contributed by atoms with Gasteiger partial charge in [-0.25, -0.2) is 8.42 Å². The van der Waals surface area contributed by atoms with Crippen molar-refractivity contribution in [1.29, 1.82) is 0 Å². The lowest BCUT2D eigenvalue weighted by Crippen LogP contribution is -2.42. The second kappa shape index (κ2) is 9.62. The Kier molecular flexibility index (Phi) is 7.15. The third-order valence-electron chi connectivity index (χ3n) is 5.43. The van der Waals surface area contributed by atoms with E-state index in [2.05, 4.69) is 0 Å². The number of hydrogen-bond donors (Lipinski definition) is 0. The van der Waals surface area contributed by atoms with Crippen LogP contribution in [0.15, 0.2) is 53.4 Å². The van der Waals surface area contributed by atoms with E-state index in [0.717, 1.165) is 30.6 Å². The van der Waals surface area contributed by atoms with E-state index in [-0.39, 0.29) is 16.8 Å². The van der Waals surface area contributed by atoms with Gasteiger partial charge in [-0.2, -0.15) is 4.31 Å². The molecule has 0 N–H and O–H groups in total. The number of rotatable bonds is 7. The van der Waals surface area contributed by atoms with Crippen LogP contribution in [0.1, 0.15) is 49.0 Å². The van der Waals surface area contributed by atoms with Crippen LogP contribution in [0, 0.1) is 0 Å². The average molecular weight is 431 g/mol. The maximum atomic E-state index is 13.1. The zero-order chi connectivity index (χ0) is 21.7. The highest BCUT2D eigenvalue weighted by Crippen LogP contribution is 2.26. The molecule has 30 heavy (non-hydrogen) atoms. The van der Waals surface area contributed by atoms with E-state index in [9.17, 15) is 13.2 Å². The molecule has 1 amide bonds. The van der Waals surface area contributed by atoms with Crippen molar-refractivity contribution in [3.8, 4) is 5.75 Å². The number of carbonyl (C=O) groups excluding carboxylic acids is 1. The number of hydrogen-bond acceptors (Lipinski definition) is 4. The van der Waals surface area contributed by atoms with E-state index >= 15 is 0 Å². The molecule has 3 rings (SSSR count). The zero-order valence-corrected chi connectivity index (χ0v) is 18.7. The van der Waals surface area contributed by atoms with Crippen molar-refractivity contribution in [3.63, 3.8) is 0 Å². The number of piperidine rings is 1. The second-order valence-electron chi connectivity index (χ2n) is 7.73. The lowest BCUT2D eigenvalue weighted by molar-refractivity contribution is 0.0785. The molecule has 0 aromatic heterocycles. The molecule has 1 aliphatic rings.